The Kier molecular flexibility index (Phi) is 6.17. The molecule has 1 aliphatic carbocycles. The SMILES string of the molecule is NC(=O)C1(N(I)I)CCCC1.[Pt]. The molecule has 0 radical (unpaired) electrons. The zero-order valence-electron chi connectivity index (χ0n) is 6.33. The molecule has 0 aromatic heterocycles. The average molecular weight is 575 g/mol. The summed E-state index contributed by atoms with van der Waals surface area (Å²) < 4.78 is 1.90. The Morgan fingerprint density at radius 2 is 1.75 bits per heavy atom. The van der Waals surface area contributed by atoms with E-state index in [2.05, 4.69) is 45.7 Å². The standard InChI is InChI=1S/C6H10I2N2O.Pt/c7-10(8)6(5(9)11)3-1-2-4-6;/h1-4H2,(H2,9,11);. The van der Waals surface area contributed by atoms with Crippen LogP contribution in [0.5, 0.6) is 0 Å². The van der Waals surface area contributed by atoms with E-state index in [-0.39, 0.29) is 32.5 Å². The van der Waals surface area contributed by atoms with Crippen molar-refractivity contribution in [1.82, 2.24) is 1.33 Å². The number of carbonyl (C=O) groups excluding carboxylic acids is 1. The number of carbonyl (C=O) groups is 1. The zero-order valence-corrected chi connectivity index (χ0v) is 12.9. The molecule has 0 unspecified atom stereocenters. The number of amides is 1. The van der Waals surface area contributed by atoms with E-state index in [4.69, 9.17) is 5.73 Å². The van der Waals surface area contributed by atoms with Gasteiger partial charge in [0.25, 0.3) is 0 Å². The minimum absolute atomic E-state index is 0. The quantitative estimate of drug-likeness (QED) is 0.404. The number of nitrogens with two attached hydrogens (primary N) is 1. The van der Waals surface area contributed by atoms with Crippen molar-refractivity contribution in [1.29, 1.82) is 0 Å². The molecule has 1 saturated carbocycles. The Morgan fingerprint density at radius 3 is 1.92 bits per heavy atom. The molecule has 0 spiro atoms. The first-order valence-electron chi connectivity index (χ1n) is 3.51. The van der Waals surface area contributed by atoms with Crippen molar-refractivity contribution in [3.05, 3.63) is 0 Å². The summed E-state index contributed by atoms with van der Waals surface area (Å²) in [4.78, 5) is 11.1. The molecule has 0 heterocycles. The predicted molar refractivity (Wildman–Crippen MR) is 60.3 cm³/mol. The molecule has 1 fully saturated rings. The third-order valence-electron chi connectivity index (χ3n) is 2.21. The number of primary amides is 1. The smallest absolute Gasteiger partial charge is 0.239 e. The molecule has 3 nitrogen and oxygen atoms in total. The normalized spacial score (nSPS) is 20.6. The molecule has 2 N–H and O–H groups in total. The van der Waals surface area contributed by atoms with Gasteiger partial charge in [-0.15, -0.1) is 0 Å². The van der Waals surface area contributed by atoms with Gasteiger partial charge in [0, 0.05) is 66.8 Å². The van der Waals surface area contributed by atoms with Crippen LogP contribution in [0, 0.1) is 0 Å². The number of halogens is 2. The van der Waals surface area contributed by atoms with E-state index in [1.54, 1.807) is 0 Å². The minimum atomic E-state index is -0.360. The maximum absolute atomic E-state index is 11.1. The zero-order chi connectivity index (χ0) is 8.48. The van der Waals surface area contributed by atoms with Crippen molar-refractivity contribution in [3.8, 4) is 0 Å². The van der Waals surface area contributed by atoms with E-state index in [1.807, 2.05) is 1.33 Å². The maximum atomic E-state index is 11.1. The molecule has 0 atom stereocenters. The van der Waals surface area contributed by atoms with Crippen molar-refractivity contribution in [2.24, 2.45) is 5.73 Å². The van der Waals surface area contributed by atoms with Crippen molar-refractivity contribution in [2.45, 2.75) is 31.2 Å². The largest absolute Gasteiger partial charge is 0.368 e. The van der Waals surface area contributed by atoms with Crippen LogP contribution < -0.4 is 5.73 Å². The van der Waals surface area contributed by atoms with Crippen molar-refractivity contribution in [2.75, 3.05) is 0 Å². The number of rotatable bonds is 2. The molecule has 0 aromatic rings. The monoisotopic (exact) mass is 575 g/mol. The van der Waals surface area contributed by atoms with Crippen LogP contribution in [-0.2, 0) is 25.9 Å². The second-order valence-electron chi connectivity index (χ2n) is 2.84. The van der Waals surface area contributed by atoms with Crippen LogP contribution >= 0.6 is 45.7 Å². The fraction of sp³-hybridized carbons (Fsp3) is 0.833. The van der Waals surface area contributed by atoms with Gasteiger partial charge in [0.1, 0.15) is 5.54 Å². The van der Waals surface area contributed by atoms with Crippen LogP contribution in [0.25, 0.3) is 0 Å². The maximum Gasteiger partial charge on any atom is 0.239 e. The van der Waals surface area contributed by atoms with Gasteiger partial charge in [0.2, 0.25) is 5.91 Å². The van der Waals surface area contributed by atoms with Crippen LogP contribution in [0.4, 0.5) is 0 Å². The van der Waals surface area contributed by atoms with Crippen LogP contribution in [0.2, 0.25) is 0 Å². The first kappa shape index (κ1) is 13.6. The van der Waals surface area contributed by atoms with Gasteiger partial charge in [-0.1, -0.05) is 12.8 Å². The van der Waals surface area contributed by atoms with Crippen LogP contribution in [0.3, 0.4) is 0 Å². The Balaban J connectivity index is 0.00000121. The fourth-order valence-corrected chi connectivity index (χ4v) is 2.90. The summed E-state index contributed by atoms with van der Waals surface area (Å²) in [6.45, 7) is 0. The third-order valence-corrected chi connectivity index (χ3v) is 4.06. The Bertz CT molecular complexity index is 171. The second-order valence-corrected chi connectivity index (χ2v) is 6.61. The molecule has 74 valence electrons. The number of nitrogens with zero attached hydrogens (tertiary/aromatic N) is 1. The number of hydrogen-bond acceptors (Lipinski definition) is 2. The van der Waals surface area contributed by atoms with Crippen LogP contribution in [-0.4, -0.2) is 12.8 Å². The van der Waals surface area contributed by atoms with E-state index in [9.17, 15) is 4.79 Å². The predicted octanol–water partition coefficient (Wildman–Crippen LogP) is 1.78. The molecule has 0 bridgehead atoms. The van der Waals surface area contributed by atoms with Gasteiger partial charge in [-0.25, -0.2) is 0 Å². The van der Waals surface area contributed by atoms with E-state index >= 15 is 0 Å². The Labute approximate surface area is 114 Å². The van der Waals surface area contributed by atoms with Gasteiger partial charge in [-0.05, 0) is 12.8 Å². The molecule has 0 saturated heterocycles. The molecule has 0 aromatic carbocycles. The van der Waals surface area contributed by atoms with Gasteiger partial charge in [-0.3, -0.25) is 4.79 Å². The first-order chi connectivity index (χ1) is 5.09. The summed E-state index contributed by atoms with van der Waals surface area (Å²) >= 11 is 4.26. The van der Waals surface area contributed by atoms with E-state index in [0.29, 0.717) is 0 Å². The van der Waals surface area contributed by atoms with E-state index in [1.165, 1.54) is 0 Å². The Morgan fingerprint density at radius 1 is 1.33 bits per heavy atom. The summed E-state index contributed by atoms with van der Waals surface area (Å²) in [5, 5.41) is 0. The van der Waals surface area contributed by atoms with Gasteiger partial charge < -0.3 is 5.73 Å². The van der Waals surface area contributed by atoms with Crippen molar-refractivity contribution < 1.29 is 25.9 Å². The van der Waals surface area contributed by atoms with Crippen molar-refractivity contribution in [3.63, 3.8) is 0 Å². The fourth-order valence-electron chi connectivity index (χ4n) is 1.46. The molecular weight excluding hydrogens is 565 g/mol. The average Bonchev–Trinajstić information content (AvgIpc) is 2.34. The van der Waals surface area contributed by atoms with E-state index < -0.39 is 0 Å². The van der Waals surface area contributed by atoms with E-state index in [0.717, 1.165) is 25.7 Å². The summed E-state index contributed by atoms with van der Waals surface area (Å²) in [7, 11) is 0. The molecule has 0 aliphatic heterocycles. The van der Waals surface area contributed by atoms with Crippen LogP contribution in [0.1, 0.15) is 25.7 Å². The topological polar surface area (TPSA) is 46.3 Å². The van der Waals surface area contributed by atoms with Gasteiger partial charge in [0.15, 0.2) is 0 Å². The molecular formula is C6H10I2N2OPt. The molecule has 1 rings (SSSR count). The molecule has 1 aliphatic rings. The summed E-state index contributed by atoms with van der Waals surface area (Å²) in [5.74, 6) is -0.182. The second kappa shape index (κ2) is 5.46. The molecule has 6 heteroatoms. The minimum Gasteiger partial charge on any atom is -0.368 e. The Hall–Kier alpha value is 1.58. The van der Waals surface area contributed by atoms with Crippen molar-refractivity contribution >= 4 is 51.6 Å². The van der Waals surface area contributed by atoms with Gasteiger partial charge >= 0.3 is 0 Å². The third kappa shape index (κ3) is 2.54. The first-order valence-corrected chi connectivity index (χ1v) is 5.44. The molecule has 1 amide bonds. The summed E-state index contributed by atoms with van der Waals surface area (Å²) in [6.07, 6.45) is 4.05. The number of hydrogen-bond donors (Lipinski definition) is 1. The molecule has 12 heavy (non-hydrogen) atoms. The summed E-state index contributed by atoms with van der Waals surface area (Å²) in [5.41, 5.74) is 4.98. The van der Waals surface area contributed by atoms with Gasteiger partial charge in [0.05, 0.1) is 0 Å². The van der Waals surface area contributed by atoms with Gasteiger partial charge in [-0.2, -0.15) is 1.33 Å². The summed E-state index contributed by atoms with van der Waals surface area (Å²) in [6, 6.07) is 0. The van der Waals surface area contributed by atoms with Crippen LogP contribution in [0.15, 0.2) is 0 Å².